The van der Waals surface area contributed by atoms with E-state index in [9.17, 15) is 9.59 Å². The van der Waals surface area contributed by atoms with Gasteiger partial charge in [-0.1, -0.05) is 56.3 Å². The van der Waals surface area contributed by atoms with Gasteiger partial charge >= 0.3 is 0 Å². The standard InChI is InChI=1S/C26H30N4O2/c1-18(2)25-28-23-16-29(15-20-9-5-4-6-10-20)13-12-22(23)26(32)30(25)17-24(31)27-21-11-7-8-19(3)14-21/h4-11,14,18H,12-13,15-17H2,1-3H3,(H,27,31). The van der Waals surface area contributed by atoms with E-state index in [0.717, 1.165) is 35.6 Å². The minimum Gasteiger partial charge on any atom is -0.325 e. The van der Waals surface area contributed by atoms with Gasteiger partial charge in [0.05, 0.1) is 5.69 Å². The Hall–Kier alpha value is -3.25. The molecule has 6 heteroatoms. The van der Waals surface area contributed by atoms with Crippen molar-refractivity contribution in [1.82, 2.24) is 14.5 Å². The molecule has 0 aliphatic carbocycles. The molecule has 3 aromatic rings. The molecule has 4 rings (SSSR count). The highest BCUT2D eigenvalue weighted by Crippen LogP contribution is 2.20. The molecule has 0 atom stereocenters. The van der Waals surface area contributed by atoms with Crippen molar-refractivity contribution in [1.29, 1.82) is 0 Å². The summed E-state index contributed by atoms with van der Waals surface area (Å²) < 4.78 is 1.56. The van der Waals surface area contributed by atoms with Crippen LogP contribution in [-0.2, 0) is 30.8 Å². The Kier molecular flexibility index (Phi) is 6.51. The zero-order chi connectivity index (χ0) is 22.7. The van der Waals surface area contributed by atoms with Crippen molar-refractivity contribution in [3.8, 4) is 0 Å². The molecule has 1 amide bonds. The van der Waals surface area contributed by atoms with Crippen LogP contribution in [0.25, 0.3) is 0 Å². The number of rotatable bonds is 6. The number of hydrogen-bond donors (Lipinski definition) is 1. The van der Waals surface area contributed by atoms with Gasteiger partial charge in [0.1, 0.15) is 12.4 Å². The second-order valence-electron chi connectivity index (χ2n) is 8.81. The molecule has 0 bridgehead atoms. The number of nitrogens with one attached hydrogen (secondary N) is 1. The predicted molar refractivity (Wildman–Crippen MR) is 127 cm³/mol. The van der Waals surface area contributed by atoms with Crippen molar-refractivity contribution in [3.63, 3.8) is 0 Å². The summed E-state index contributed by atoms with van der Waals surface area (Å²) in [6.45, 7) is 8.24. The van der Waals surface area contributed by atoms with Crippen LogP contribution < -0.4 is 10.9 Å². The zero-order valence-electron chi connectivity index (χ0n) is 19.0. The number of carbonyl (C=O) groups is 1. The number of amides is 1. The van der Waals surface area contributed by atoms with Gasteiger partial charge in [-0.2, -0.15) is 0 Å². The molecule has 0 spiro atoms. The maximum atomic E-state index is 13.4. The van der Waals surface area contributed by atoms with Crippen LogP contribution in [0, 0.1) is 6.92 Å². The maximum Gasteiger partial charge on any atom is 0.257 e. The van der Waals surface area contributed by atoms with Crippen LogP contribution in [0.5, 0.6) is 0 Å². The molecule has 166 valence electrons. The second-order valence-corrected chi connectivity index (χ2v) is 8.81. The lowest BCUT2D eigenvalue weighted by Crippen LogP contribution is -2.40. The van der Waals surface area contributed by atoms with Gasteiger partial charge in [-0.25, -0.2) is 4.98 Å². The predicted octanol–water partition coefficient (Wildman–Crippen LogP) is 3.87. The molecule has 1 aromatic heterocycles. The number of aromatic nitrogens is 2. The zero-order valence-corrected chi connectivity index (χ0v) is 19.0. The van der Waals surface area contributed by atoms with Gasteiger partial charge < -0.3 is 5.32 Å². The minimum absolute atomic E-state index is 0.0317. The normalized spacial score (nSPS) is 13.8. The molecular formula is C26H30N4O2. The van der Waals surface area contributed by atoms with E-state index >= 15 is 0 Å². The molecule has 0 saturated carbocycles. The lowest BCUT2D eigenvalue weighted by atomic mass is 10.0. The lowest BCUT2D eigenvalue weighted by Gasteiger charge is -2.29. The first kappa shape index (κ1) is 22.0. The Labute approximate surface area is 188 Å². The van der Waals surface area contributed by atoms with Crippen LogP contribution in [0.4, 0.5) is 5.69 Å². The van der Waals surface area contributed by atoms with Crippen molar-refractivity contribution >= 4 is 11.6 Å². The molecule has 0 unspecified atom stereocenters. The fourth-order valence-electron chi connectivity index (χ4n) is 4.24. The summed E-state index contributed by atoms with van der Waals surface area (Å²) in [6, 6.07) is 18.0. The molecule has 32 heavy (non-hydrogen) atoms. The third kappa shape index (κ3) is 4.97. The summed E-state index contributed by atoms with van der Waals surface area (Å²) in [5.74, 6) is 0.474. The largest absolute Gasteiger partial charge is 0.325 e. The first-order valence-corrected chi connectivity index (χ1v) is 11.2. The molecule has 2 aromatic carbocycles. The van der Waals surface area contributed by atoms with E-state index in [-0.39, 0.29) is 23.9 Å². The fraction of sp³-hybridized carbons (Fsp3) is 0.346. The maximum absolute atomic E-state index is 13.4. The van der Waals surface area contributed by atoms with Crippen molar-refractivity contribution in [2.24, 2.45) is 0 Å². The van der Waals surface area contributed by atoms with E-state index in [1.807, 2.05) is 63.2 Å². The number of nitrogens with zero attached hydrogens (tertiary/aromatic N) is 3. The second kappa shape index (κ2) is 9.49. The summed E-state index contributed by atoms with van der Waals surface area (Å²) in [6.07, 6.45) is 0.645. The summed E-state index contributed by atoms with van der Waals surface area (Å²) in [5, 5.41) is 2.90. The van der Waals surface area contributed by atoms with E-state index in [1.54, 1.807) is 4.57 Å². The third-order valence-electron chi connectivity index (χ3n) is 5.80. The van der Waals surface area contributed by atoms with Gasteiger partial charge in [-0.3, -0.25) is 19.1 Å². The van der Waals surface area contributed by atoms with Gasteiger partial charge in [-0.15, -0.1) is 0 Å². The summed E-state index contributed by atoms with van der Waals surface area (Å²) >= 11 is 0. The Morgan fingerprint density at radius 2 is 1.91 bits per heavy atom. The molecular weight excluding hydrogens is 400 g/mol. The molecule has 1 aliphatic heterocycles. The van der Waals surface area contributed by atoms with Gasteiger partial charge in [0.2, 0.25) is 5.91 Å². The molecule has 2 heterocycles. The Morgan fingerprint density at radius 3 is 2.62 bits per heavy atom. The van der Waals surface area contributed by atoms with Crippen molar-refractivity contribution < 1.29 is 4.79 Å². The molecule has 0 saturated heterocycles. The SMILES string of the molecule is Cc1cccc(NC(=O)Cn2c(C(C)C)nc3c(c2=O)CCN(Cc2ccccc2)C3)c1. The van der Waals surface area contributed by atoms with Crippen LogP contribution in [0.15, 0.2) is 59.4 Å². The third-order valence-corrected chi connectivity index (χ3v) is 5.80. The van der Waals surface area contributed by atoms with Gasteiger partial charge in [0.25, 0.3) is 5.56 Å². The van der Waals surface area contributed by atoms with E-state index in [0.29, 0.717) is 18.8 Å². The Bertz CT molecular complexity index is 1170. The molecule has 0 radical (unpaired) electrons. The van der Waals surface area contributed by atoms with Crippen molar-refractivity contribution in [3.05, 3.63) is 93.2 Å². The molecule has 0 fully saturated rings. The number of carbonyl (C=O) groups excluding carboxylic acids is 1. The molecule has 1 aliphatic rings. The fourth-order valence-corrected chi connectivity index (χ4v) is 4.24. The minimum atomic E-state index is -0.220. The van der Waals surface area contributed by atoms with E-state index in [4.69, 9.17) is 4.98 Å². The number of anilines is 1. The van der Waals surface area contributed by atoms with Crippen molar-refractivity contribution in [2.45, 2.75) is 52.7 Å². The van der Waals surface area contributed by atoms with Crippen LogP contribution >= 0.6 is 0 Å². The summed E-state index contributed by atoms with van der Waals surface area (Å²) in [4.78, 5) is 33.3. The molecule has 1 N–H and O–H groups in total. The lowest BCUT2D eigenvalue weighted by molar-refractivity contribution is -0.116. The smallest absolute Gasteiger partial charge is 0.257 e. The van der Waals surface area contributed by atoms with Crippen LogP contribution in [0.2, 0.25) is 0 Å². The quantitative estimate of drug-likeness (QED) is 0.645. The van der Waals surface area contributed by atoms with E-state index in [1.165, 1.54) is 5.56 Å². The number of fused-ring (bicyclic) bond motifs is 1. The average Bonchev–Trinajstić information content (AvgIpc) is 2.76. The Balaban J connectivity index is 1.57. The number of hydrogen-bond acceptors (Lipinski definition) is 4. The van der Waals surface area contributed by atoms with Gasteiger partial charge in [0.15, 0.2) is 0 Å². The van der Waals surface area contributed by atoms with E-state index in [2.05, 4.69) is 22.3 Å². The highest BCUT2D eigenvalue weighted by molar-refractivity contribution is 5.90. The highest BCUT2D eigenvalue weighted by Gasteiger charge is 2.25. The van der Waals surface area contributed by atoms with Crippen molar-refractivity contribution in [2.75, 3.05) is 11.9 Å². The first-order chi connectivity index (χ1) is 15.4. The van der Waals surface area contributed by atoms with Crippen LogP contribution in [-0.4, -0.2) is 26.9 Å². The first-order valence-electron chi connectivity index (χ1n) is 11.2. The number of aryl methyl sites for hydroxylation is 1. The van der Waals surface area contributed by atoms with Crippen LogP contribution in [0.3, 0.4) is 0 Å². The van der Waals surface area contributed by atoms with Crippen LogP contribution in [0.1, 0.15) is 48.0 Å². The Morgan fingerprint density at radius 1 is 1.12 bits per heavy atom. The monoisotopic (exact) mass is 430 g/mol. The number of benzene rings is 2. The van der Waals surface area contributed by atoms with Gasteiger partial charge in [0, 0.05) is 36.8 Å². The summed E-state index contributed by atoms with van der Waals surface area (Å²) in [5.41, 5.74) is 4.55. The molecule has 6 nitrogen and oxygen atoms in total. The van der Waals surface area contributed by atoms with E-state index < -0.39 is 0 Å². The van der Waals surface area contributed by atoms with Gasteiger partial charge in [-0.05, 0) is 36.6 Å². The highest BCUT2D eigenvalue weighted by atomic mass is 16.2. The average molecular weight is 431 g/mol. The topological polar surface area (TPSA) is 67.2 Å². The summed E-state index contributed by atoms with van der Waals surface area (Å²) in [7, 11) is 0.